The molecule has 4 aliphatic rings. The summed E-state index contributed by atoms with van der Waals surface area (Å²) in [6, 6.07) is 0. The number of fused-ring (bicyclic) bond motifs is 5. The Morgan fingerprint density at radius 1 is 1.12 bits per heavy atom. The fourth-order valence-corrected chi connectivity index (χ4v) is 8.24. The summed E-state index contributed by atoms with van der Waals surface area (Å²) < 4.78 is 0. The van der Waals surface area contributed by atoms with E-state index in [2.05, 4.69) is 42.8 Å². The van der Waals surface area contributed by atoms with Gasteiger partial charge in [-0.15, -0.1) is 0 Å². The van der Waals surface area contributed by atoms with Crippen molar-refractivity contribution in [2.24, 2.45) is 40.4 Å². The second kappa shape index (κ2) is 6.12. The Bertz CT molecular complexity index is 528. The molecule has 0 spiro atoms. The summed E-state index contributed by atoms with van der Waals surface area (Å²) in [5.74, 6) is 4.50. The molecule has 4 aliphatic carbocycles. The number of aliphatic hydroxyl groups excluding tert-OH is 1. The van der Waals surface area contributed by atoms with Crippen molar-refractivity contribution in [1.29, 1.82) is 0 Å². The number of aliphatic hydroxyl groups is 1. The molecular formula is C22H35BrO. The molecule has 3 saturated carbocycles. The Kier molecular flexibility index (Phi) is 4.48. The maximum atomic E-state index is 10.1. The van der Waals surface area contributed by atoms with Gasteiger partial charge in [-0.3, -0.25) is 0 Å². The first-order valence-electron chi connectivity index (χ1n) is 10.4. The molecular weight excluding hydrogens is 360 g/mol. The zero-order valence-electron chi connectivity index (χ0n) is 15.7. The molecule has 0 bridgehead atoms. The second-order valence-corrected chi connectivity index (χ2v) is 10.6. The van der Waals surface area contributed by atoms with Crippen molar-refractivity contribution < 1.29 is 5.11 Å². The van der Waals surface area contributed by atoms with Crippen LogP contribution < -0.4 is 0 Å². The molecule has 0 amide bonds. The Morgan fingerprint density at radius 2 is 1.92 bits per heavy atom. The number of hydrogen-bond acceptors (Lipinski definition) is 1. The van der Waals surface area contributed by atoms with Crippen LogP contribution in [0.4, 0.5) is 0 Å². The lowest BCUT2D eigenvalue weighted by Gasteiger charge is -2.59. The van der Waals surface area contributed by atoms with E-state index in [1.165, 1.54) is 44.9 Å². The topological polar surface area (TPSA) is 20.2 Å². The lowest BCUT2D eigenvalue weighted by molar-refractivity contribution is -0.0606. The van der Waals surface area contributed by atoms with Crippen LogP contribution in [0.15, 0.2) is 11.6 Å². The number of hydrogen-bond donors (Lipinski definition) is 1. The van der Waals surface area contributed by atoms with Crippen LogP contribution in [0, 0.1) is 40.4 Å². The van der Waals surface area contributed by atoms with Crippen molar-refractivity contribution in [3.63, 3.8) is 0 Å². The summed E-state index contributed by atoms with van der Waals surface area (Å²) in [6.07, 6.45) is 12.7. The summed E-state index contributed by atoms with van der Waals surface area (Å²) in [7, 11) is 0. The van der Waals surface area contributed by atoms with Crippen LogP contribution in [-0.4, -0.2) is 16.5 Å². The van der Waals surface area contributed by atoms with Crippen LogP contribution in [0.25, 0.3) is 0 Å². The van der Waals surface area contributed by atoms with Crippen molar-refractivity contribution in [2.75, 3.05) is 5.33 Å². The predicted molar refractivity (Wildman–Crippen MR) is 104 cm³/mol. The average Bonchev–Trinajstić information content (AvgIpc) is 2.92. The molecule has 2 heteroatoms. The molecule has 1 nitrogen and oxygen atoms in total. The number of alkyl halides is 1. The van der Waals surface area contributed by atoms with Gasteiger partial charge in [-0.05, 0) is 91.8 Å². The van der Waals surface area contributed by atoms with Crippen LogP contribution in [0.1, 0.15) is 72.1 Å². The summed E-state index contributed by atoms with van der Waals surface area (Å²) >= 11 is 3.76. The molecule has 8 atom stereocenters. The minimum Gasteiger partial charge on any atom is -0.389 e. The third-order valence-corrected chi connectivity index (χ3v) is 10.1. The van der Waals surface area contributed by atoms with Gasteiger partial charge in [0.15, 0.2) is 0 Å². The highest BCUT2D eigenvalue weighted by Gasteiger charge is 2.59. The lowest BCUT2D eigenvalue weighted by Crippen LogP contribution is -2.51. The first kappa shape index (κ1) is 17.6. The molecule has 0 saturated heterocycles. The van der Waals surface area contributed by atoms with Crippen LogP contribution in [-0.2, 0) is 0 Å². The second-order valence-electron chi connectivity index (χ2n) is 9.99. The highest BCUT2D eigenvalue weighted by atomic mass is 79.9. The minimum absolute atomic E-state index is 0.172. The Morgan fingerprint density at radius 3 is 2.67 bits per heavy atom. The SMILES string of the molecule is C[C@H](CBr)C1CCC2C3CCC4=CC(O)CC[C@]4(C)C3CC[C@@]21C. The van der Waals surface area contributed by atoms with Gasteiger partial charge < -0.3 is 5.11 Å². The van der Waals surface area contributed by atoms with E-state index in [9.17, 15) is 5.11 Å². The quantitative estimate of drug-likeness (QED) is 0.452. The van der Waals surface area contributed by atoms with Crippen molar-refractivity contribution in [3.8, 4) is 0 Å². The van der Waals surface area contributed by atoms with Gasteiger partial charge in [-0.1, -0.05) is 48.4 Å². The summed E-state index contributed by atoms with van der Waals surface area (Å²) in [4.78, 5) is 0. The fourth-order valence-electron chi connectivity index (χ4n) is 7.79. The number of rotatable bonds is 2. The molecule has 0 radical (unpaired) electrons. The van der Waals surface area contributed by atoms with Crippen molar-refractivity contribution in [1.82, 2.24) is 0 Å². The van der Waals surface area contributed by atoms with E-state index in [0.717, 1.165) is 41.3 Å². The molecule has 0 aromatic carbocycles. The largest absolute Gasteiger partial charge is 0.389 e. The maximum absolute atomic E-state index is 10.1. The highest BCUT2D eigenvalue weighted by Crippen LogP contribution is 2.67. The molecule has 0 heterocycles. The molecule has 24 heavy (non-hydrogen) atoms. The van der Waals surface area contributed by atoms with E-state index >= 15 is 0 Å². The van der Waals surface area contributed by atoms with Crippen LogP contribution in [0.3, 0.4) is 0 Å². The van der Waals surface area contributed by atoms with Crippen molar-refractivity contribution in [3.05, 3.63) is 11.6 Å². The smallest absolute Gasteiger partial charge is 0.0724 e. The van der Waals surface area contributed by atoms with E-state index < -0.39 is 0 Å². The van der Waals surface area contributed by atoms with Crippen molar-refractivity contribution >= 4 is 15.9 Å². The van der Waals surface area contributed by atoms with Gasteiger partial charge in [0.1, 0.15) is 0 Å². The zero-order valence-corrected chi connectivity index (χ0v) is 17.3. The van der Waals surface area contributed by atoms with Gasteiger partial charge >= 0.3 is 0 Å². The minimum atomic E-state index is -0.172. The molecule has 0 aliphatic heterocycles. The number of allylic oxidation sites excluding steroid dienone is 1. The predicted octanol–water partition coefficient (Wildman–Crippen LogP) is 5.96. The third kappa shape index (κ3) is 2.42. The molecule has 3 fully saturated rings. The van der Waals surface area contributed by atoms with Crippen LogP contribution in [0.5, 0.6) is 0 Å². The van der Waals surface area contributed by atoms with Crippen LogP contribution >= 0.6 is 15.9 Å². The molecule has 0 aromatic heterocycles. The molecule has 1 N–H and O–H groups in total. The summed E-state index contributed by atoms with van der Waals surface area (Å²) in [5, 5.41) is 11.3. The Hall–Kier alpha value is 0.180. The van der Waals surface area contributed by atoms with Gasteiger partial charge in [0.2, 0.25) is 0 Å². The first-order chi connectivity index (χ1) is 11.4. The normalized spacial score (nSPS) is 52.0. The molecule has 4 rings (SSSR count). The van der Waals surface area contributed by atoms with E-state index in [1.807, 2.05) is 0 Å². The highest BCUT2D eigenvalue weighted by molar-refractivity contribution is 9.09. The zero-order chi connectivity index (χ0) is 17.1. The first-order valence-corrected chi connectivity index (χ1v) is 11.5. The summed E-state index contributed by atoms with van der Waals surface area (Å²) in [6.45, 7) is 7.64. The van der Waals surface area contributed by atoms with E-state index in [1.54, 1.807) is 5.57 Å². The van der Waals surface area contributed by atoms with Gasteiger partial charge in [0, 0.05) is 5.33 Å². The van der Waals surface area contributed by atoms with Gasteiger partial charge in [0.25, 0.3) is 0 Å². The fraction of sp³-hybridized carbons (Fsp3) is 0.909. The lowest BCUT2D eigenvalue weighted by atomic mass is 9.46. The monoisotopic (exact) mass is 394 g/mol. The van der Waals surface area contributed by atoms with Crippen LogP contribution in [0.2, 0.25) is 0 Å². The number of halogens is 1. The van der Waals surface area contributed by atoms with Gasteiger partial charge in [-0.2, -0.15) is 0 Å². The van der Waals surface area contributed by atoms with Gasteiger partial charge in [-0.25, -0.2) is 0 Å². The Balaban J connectivity index is 1.62. The molecule has 0 aromatic rings. The Labute approximate surface area is 156 Å². The maximum Gasteiger partial charge on any atom is 0.0724 e. The van der Waals surface area contributed by atoms with E-state index in [4.69, 9.17) is 0 Å². The van der Waals surface area contributed by atoms with E-state index in [-0.39, 0.29) is 6.10 Å². The average molecular weight is 395 g/mol. The standard InChI is InChI=1S/C22H35BrO/c1-14(13-23)18-6-7-19-17-5-4-15-12-16(24)8-10-21(15,2)20(17)9-11-22(18,19)3/h12,14,16-20,24H,4-11,13H2,1-3H3/t14-,16?,17?,18?,19?,20?,21+,22-/m1/s1. The third-order valence-electron chi connectivity index (χ3n) is 9.09. The molecule has 136 valence electrons. The molecule has 5 unspecified atom stereocenters. The van der Waals surface area contributed by atoms with E-state index in [0.29, 0.717) is 10.8 Å². The summed E-state index contributed by atoms with van der Waals surface area (Å²) in [5.41, 5.74) is 2.58. The van der Waals surface area contributed by atoms with Gasteiger partial charge in [0.05, 0.1) is 6.10 Å². The van der Waals surface area contributed by atoms with Crippen molar-refractivity contribution in [2.45, 2.75) is 78.2 Å².